The molecule has 0 radical (unpaired) electrons. The molecule has 0 spiro atoms. The van der Waals surface area contributed by atoms with Crippen molar-refractivity contribution in [3.05, 3.63) is 57.5 Å². The van der Waals surface area contributed by atoms with Crippen molar-refractivity contribution in [3.63, 3.8) is 0 Å². The van der Waals surface area contributed by atoms with Crippen LogP contribution < -0.4 is 19.9 Å². The van der Waals surface area contributed by atoms with Crippen LogP contribution >= 0.6 is 0 Å². The molecule has 5 rings (SSSR count). The maximum atomic E-state index is 12.6. The maximum Gasteiger partial charge on any atom is 0.270 e. The van der Waals surface area contributed by atoms with E-state index in [9.17, 15) is 10.1 Å². The molecule has 1 aromatic carbocycles. The van der Waals surface area contributed by atoms with E-state index in [1.165, 1.54) is 11.0 Å². The van der Waals surface area contributed by atoms with Gasteiger partial charge in [-0.25, -0.2) is 4.98 Å². The predicted molar refractivity (Wildman–Crippen MR) is 153 cm³/mol. The Labute approximate surface area is 234 Å². The molecular weight excluding hydrogens is 508 g/mol. The normalized spacial score (nSPS) is 14.8. The van der Waals surface area contributed by atoms with E-state index in [0.29, 0.717) is 16.7 Å². The van der Waals surface area contributed by atoms with Crippen LogP contribution in [0.25, 0.3) is 11.0 Å². The quantitative estimate of drug-likeness (QED) is 0.333. The van der Waals surface area contributed by atoms with Gasteiger partial charge in [-0.15, -0.1) is 0 Å². The molecule has 208 valence electrons. The first-order valence-corrected chi connectivity index (χ1v) is 13.3. The molecule has 10 nitrogen and oxygen atoms in total. The average molecular weight is 543 g/mol. The van der Waals surface area contributed by atoms with Gasteiger partial charge in [-0.2, -0.15) is 10.5 Å². The van der Waals surface area contributed by atoms with Crippen molar-refractivity contribution in [1.82, 2.24) is 9.55 Å². The van der Waals surface area contributed by atoms with E-state index in [1.54, 1.807) is 25.4 Å². The highest BCUT2D eigenvalue weighted by molar-refractivity contribution is 5.92. The molecule has 2 aromatic heterocycles. The standard InChI is InChI=1S/C18H19N5O.C12H15NO3/c1-22(13-6-4-3-5-7-13)17-14(11-20)18(24)23(2)15-9-8-12(10-19)21-16(15)17;1-12(2,3)16-13-7-9-5-4-6-10-11(9)15-8-14-10/h8-9,13H,3-7H2,1-2H3;4-7H,8H2,1-3H3/b;13-7-. The minimum absolute atomic E-state index is 0.0978. The highest BCUT2D eigenvalue weighted by Gasteiger charge is 2.26. The van der Waals surface area contributed by atoms with Crippen LogP contribution in [-0.4, -0.2) is 41.2 Å². The monoisotopic (exact) mass is 542 g/mol. The van der Waals surface area contributed by atoms with Crippen molar-refractivity contribution < 1.29 is 14.3 Å². The number of rotatable bonds is 4. The van der Waals surface area contributed by atoms with Crippen LogP contribution in [0.4, 0.5) is 5.69 Å². The predicted octanol–water partition coefficient (Wildman–Crippen LogP) is 5.01. The summed E-state index contributed by atoms with van der Waals surface area (Å²) < 4.78 is 12.0. The second kappa shape index (κ2) is 12.1. The number of aromatic nitrogens is 2. The van der Waals surface area contributed by atoms with Gasteiger partial charge in [0.2, 0.25) is 6.79 Å². The van der Waals surface area contributed by atoms with E-state index in [4.69, 9.17) is 19.6 Å². The van der Waals surface area contributed by atoms with Crippen molar-refractivity contribution in [3.8, 4) is 23.6 Å². The van der Waals surface area contributed by atoms with E-state index in [1.807, 2.05) is 57.0 Å². The Bertz CT molecular complexity index is 1550. The number of benzene rings is 1. The molecule has 10 heteroatoms. The molecule has 0 N–H and O–H groups in total. The fourth-order valence-corrected chi connectivity index (χ4v) is 4.85. The van der Waals surface area contributed by atoms with Crippen LogP contribution in [0.3, 0.4) is 0 Å². The summed E-state index contributed by atoms with van der Waals surface area (Å²) in [4.78, 5) is 24.3. The zero-order chi connectivity index (χ0) is 28.9. The lowest BCUT2D eigenvalue weighted by molar-refractivity contribution is 0.00197. The van der Waals surface area contributed by atoms with Crippen LogP contribution in [0.2, 0.25) is 0 Å². The van der Waals surface area contributed by atoms with Crippen molar-refractivity contribution in [2.75, 3.05) is 18.7 Å². The Morgan fingerprint density at radius 1 is 1.12 bits per heavy atom. The summed E-state index contributed by atoms with van der Waals surface area (Å²) >= 11 is 0. The topological polar surface area (TPSA) is 126 Å². The molecule has 1 saturated carbocycles. The summed E-state index contributed by atoms with van der Waals surface area (Å²) in [5.41, 5.74) is 2.36. The number of hydrogen-bond acceptors (Lipinski definition) is 9. The number of nitriles is 2. The number of nitrogens with zero attached hydrogens (tertiary/aromatic N) is 6. The van der Waals surface area contributed by atoms with Crippen molar-refractivity contribution in [1.29, 1.82) is 10.5 Å². The average Bonchev–Trinajstić information content (AvgIpc) is 3.44. The van der Waals surface area contributed by atoms with Gasteiger partial charge >= 0.3 is 0 Å². The highest BCUT2D eigenvalue weighted by Crippen LogP contribution is 2.34. The highest BCUT2D eigenvalue weighted by atomic mass is 16.7. The number of anilines is 1. The number of aryl methyl sites for hydroxylation is 1. The lowest BCUT2D eigenvalue weighted by atomic mass is 9.93. The third kappa shape index (κ3) is 6.18. The molecule has 2 aliphatic rings. The van der Waals surface area contributed by atoms with Gasteiger partial charge < -0.3 is 23.8 Å². The molecule has 0 bridgehead atoms. The van der Waals surface area contributed by atoms with Crippen LogP contribution in [0.15, 0.2) is 40.3 Å². The second-order valence-corrected chi connectivity index (χ2v) is 10.8. The zero-order valence-electron chi connectivity index (χ0n) is 23.6. The molecule has 0 saturated heterocycles. The Hall–Kier alpha value is -4.57. The Morgan fingerprint density at radius 3 is 2.55 bits per heavy atom. The lowest BCUT2D eigenvalue weighted by Crippen LogP contribution is -2.36. The van der Waals surface area contributed by atoms with Gasteiger partial charge in [0.25, 0.3) is 5.56 Å². The first kappa shape index (κ1) is 28.4. The Kier molecular flexibility index (Phi) is 8.59. The molecule has 0 atom stereocenters. The minimum atomic E-state index is -0.325. The Morgan fingerprint density at radius 2 is 1.88 bits per heavy atom. The Balaban J connectivity index is 0.000000201. The molecule has 1 aliphatic carbocycles. The number of ether oxygens (including phenoxy) is 2. The molecule has 1 aliphatic heterocycles. The fraction of sp³-hybridized carbons (Fsp3) is 0.433. The fourth-order valence-electron chi connectivity index (χ4n) is 4.85. The van der Waals surface area contributed by atoms with Crippen LogP contribution in [0.1, 0.15) is 69.7 Å². The zero-order valence-corrected chi connectivity index (χ0v) is 23.6. The number of pyridine rings is 2. The smallest absolute Gasteiger partial charge is 0.270 e. The van der Waals surface area contributed by atoms with Crippen LogP contribution in [0.5, 0.6) is 11.5 Å². The summed E-state index contributed by atoms with van der Waals surface area (Å²) in [5.74, 6) is 1.48. The van der Waals surface area contributed by atoms with Gasteiger partial charge in [-0.05, 0) is 57.9 Å². The summed E-state index contributed by atoms with van der Waals surface area (Å²) in [6.07, 6.45) is 7.24. The molecule has 3 heterocycles. The first-order chi connectivity index (χ1) is 19.1. The van der Waals surface area contributed by atoms with Crippen molar-refractivity contribution in [2.45, 2.75) is 64.5 Å². The van der Waals surface area contributed by atoms with E-state index >= 15 is 0 Å². The van der Waals surface area contributed by atoms with Gasteiger partial charge in [0.1, 0.15) is 34.5 Å². The summed E-state index contributed by atoms with van der Waals surface area (Å²) in [6.45, 7) is 6.10. The number of hydrogen-bond donors (Lipinski definition) is 0. The van der Waals surface area contributed by atoms with Gasteiger partial charge in [0.15, 0.2) is 11.5 Å². The molecule has 0 unspecified atom stereocenters. The largest absolute Gasteiger partial charge is 0.454 e. The van der Waals surface area contributed by atoms with Crippen LogP contribution in [-0.2, 0) is 11.9 Å². The van der Waals surface area contributed by atoms with Gasteiger partial charge in [0, 0.05) is 25.7 Å². The number of oxime groups is 1. The first-order valence-electron chi connectivity index (χ1n) is 13.3. The maximum absolute atomic E-state index is 12.6. The number of fused-ring (bicyclic) bond motifs is 2. The minimum Gasteiger partial charge on any atom is -0.454 e. The molecule has 1 fully saturated rings. The lowest BCUT2D eigenvalue weighted by Gasteiger charge is -2.33. The van der Waals surface area contributed by atoms with Crippen LogP contribution in [0, 0.1) is 22.7 Å². The van der Waals surface area contributed by atoms with Gasteiger partial charge in [0.05, 0.1) is 17.4 Å². The third-order valence-electron chi connectivity index (χ3n) is 6.86. The summed E-state index contributed by atoms with van der Waals surface area (Å²) in [5, 5.41) is 22.7. The summed E-state index contributed by atoms with van der Waals surface area (Å²) in [6, 6.07) is 13.4. The molecule has 3 aromatic rings. The third-order valence-corrected chi connectivity index (χ3v) is 6.86. The molecular formula is C30H34N6O4. The molecule has 0 amide bonds. The van der Waals surface area contributed by atoms with Gasteiger partial charge in [-0.1, -0.05) is 30.5 Å². The molecule has 40 heavy (non-hydrogen) atoms. The van der Waals surface area contributed by atoms with Gasteiger partial charge in [-0.3, -0.25) is 4.79 Å². The second-order valence-electron chi connectivity index (χ2n) is 10.8. The SMILES string of the molecule is CC(C)(C)O/N=C\c1cccc2c1OCO2.CN(c1c(C#N)c(=O)n(C)c2ccc(C#N)nc12)C1CCCCC1. The number of para-hydroxylation sites is 1. The van der Waals surface area contributed by atoms with Crippen molar-refractivity contribution >= 4 is 22.9 Å². The van der Waals surface area contributed by atoms with E-state index in [2.05, 4.69) is 16.2 Å². The van der Waals surface area contributed by atoms with Crippen molar-refractivity contribution in [2.24, 2.45) is 12.2 Å². The summed E-state index contributed by atoms with van der Waals surface area (Å²) in [7, 11) is 3.55. The van der Waals surface area contributed by atoms with E-state index in [-0.39, 0.29) is 35.3 Å². The van der Waals surface area contributed by atoms with E-state index < -0.39 is 0 Å². The van der Waals surface area contributed by atoms with E-state index in [0.717, 1.165) is 42.7 Å².